The molecule has 4 rings (SSSR count). The van der Waals surface area contributed by atoms with E-state index >= 15 is 0 Å². The first-order valence-electron chi connectivity index (χ1n) is 8.52. The Kier molecular flexibility index (Phi) is 4.31. The van der Waals surface area contributed by atoms with E-state index in [0.29, 0.717) is 35.9 Å². The summed E-state index contributed by atoms with van der Waals surface area (Å²) in [7, 11) is 0. The van der Waals surface area contributed by atoms with Gasteiger partial charge in [-0.25, -0.2) is 0 Å². The van der Waals surface area contributed by atoms with E-state index < -0.39 is 0 Å². The standard InChI is InChI=1S/C17H19N5O3S/c1-9-7-13(25-19-9)16-15(18-21-26-16)12-5-4-6-22(8-12)17(23)14-10(2)20-24-11(14)3/h7,12H,4-6,8H2,1-3H3/t12-/m1/s1. The smallest absolute Gasteiger partial charge is 0.259 e. The zero-order valence-electron chi connectivity index (χ0n) is 14.9. The van der Waals surface area contributed by atoms with Gasteiger partial charge in [0.05, 0.1) is 17.1 Å². The summed E-state index contributed by atoms with van der Waals surface area (Å²) in [5.41, 5.74) is 2.89. The van der Waals surface area contributed by atoms with Gasteiger partial charge in [0.1, 0.15) is 16.2 Å². The fourth-order valence-electron chi connectivity index (χ4n) is 3.44. The zero-order chi connectivity index (χ0) is 18.3. The van der Waals surface area contributed by atoms with Gasteiger partial charge in [-0.3, -0.25) is 4.79 Å². The van der Waals surface area contributed by atoms with Crippen LogP contribution in [0.15, 0.2) is 15.1 Å². The molecule has 0 saturated carbocycles. The van der Waals surface area contributed by atoms with E-state index in [-0.39, 0.29) is 11.8 Å². The van der Waals surface area contributed by atoms with Gasteiger partial charge < -0.3 is 13.9 Å². The molecule has 0 aliphatic carbocycles. The number of rotatable bonds is 3. The first-order chi connectivity index (χ1) is 12.5. The Morgan fingerprint density at radius 3 is 2.81 bits per heavy atom. The fraction of sp³-hybridized carbons (Fsp3) is 0.471. The van der Waals surface area contributed by atoms with E-state index in [4.69, 9.17) is 9.05 Å². The average Bonchev–Trinajstić information content (AvgIpc) is 3.35. The lowest BCUT2D eigenvalue weighted by Crippen LogP contribution is -2.39. The summed E-state index contributed by atoms with van der Waals surface area (Å²) in [6.45, 7) is 6.75. The molecule has 1 atom stereocenters. The zero-order valence-corrected chi connectivity index (χ0v) is 15.7. The van der Waals surface area contributed by atoms with Gasteiger partial charge in [0.2, 0.25) is 0 Å². The van der Waals surface area contributed by atoms with E-state index in [0.717, 1.165) is 29.1 Å². The maximum absolute atomic E-state index is 12.9. The molecule has 0 spiro atoms. The molecule has 1 saturated heterocycles. The number of aryl methyl sites for hydroxylation is 3. The highest BCUT2D eigenvalue weighted by Crippen LogP contribution is 2.36. The molecule has 1 fully saturated rings. The normalized spacial score (nSPS) is 17.7. The van der Waals surface area contributed by atoms with Crippen molar-refractivity contribution in [2.75, 3.05) is 13.1 Å². The number of nitrogens with zero attached hydrogens (tertiary/aromatic N) is 5. The first-order valence-corrected chi connectivity index (χ1v) is 9.30. The van der Waals surface area contributed by atoms with Crippen molar-refractivity contribution < 1.29 is 13.8 Å². The lowest BCUT2D eigenvalue weighted by Gasteiger charge is -2.32. The van der Waals surface area contributed by atoms with E-state index in [2.05, 4.69) is 19.9 Å². The Labute approximate surface area is 154 Å². The van der Waals surface area contributed by atoms with Crippen LogP contribution in [0.3, 0.4) is 0 Å². The summed E-state index contributed by atoms with van der Waals surface area (Å²) in [5, 5.41) is 12.2. The van der Waals surface area contributed by atoms with E-state index in [1.165, 1.54) is 11.5 Å². The largest absolute Gasteiger partial charge is 0.361 e. The maximum atomic E-state index is 12.9. The van der Waals surface area contributed by atoms with Crippen LogP contribution in [0.1, 0.15) is 52.0 Å². The molecular formula is C17H19N5O3S. The van der Waals surface area contributed by atoms with Crippen LogP contribution < -0.4 is 0 Å². The van der Waals surface area contributed by atoms with Crippen molar-refractivity contribution in [3.8, 4) is 10.6 Å². The molecule has 0 bridgehead atoms. The molecule has 26 heavy (non-hydrogen) atoms. The summed E-state index contributed by atoms with van der Waals surface area (Å²) >= 11 is 1.30. The van der Waals surface area contributed by atoms with Crippen LogP contribution in [0.4, 0.5) is 0 Å². The number of piperidine rings is 1. The van der Waals surface area contributed by atoms with Crippen molar-refractivity contribution in [2.24, 2.45) is 0 Å². The van der Waals surface area contributed by atoms with Crippen molar-refractivity contribution in [1.82, 2.24) is 24.8 Å². The summed E-state index contributed by atoms with van der Waals surface area (Å²) in [6.07, 6.45) is 1.86. The Hall–Kier alpha value is -2.55. The predicted molar refractivity (Wildman–Crippen MR) is 94.0 cm³/mol. The Balaban J connectivity index is 1.59. The first kappa shape index (κ1) is 16.9. The molecule has 0 radical (unpaired) electrons. The van der Waals surface area contributed by atoms with Gasteiger partial charge >= 0.3 is 0 Å². The third kappa shape index (κ3) is 2.92. The van der Waals surface area contributed by atoms with Crippen molar-refractivity contribution >= 4 is 17.4 Å². The minimum atomic E-state index is -0.0359. The van der Waals surface area contributed by atoms with Gasteiger partial charge in [-0.1, -0.05) is 14.8 Å². The molecule has 1 aliphatic heterocycles. The van der Waals surface area contributed by atoms with Crippen LogP contribution in [0.5, 0.6) is 0 Å². The molecule has 9 heteroatoms. The molecule has 1 aliphatic rings. The number of hydrogen-bond acceptors (Lipinski definition) is 8. The molecule has 136 valence electrons. The topological polar surface area (TPSA) is 98.2 Å². The maximum Gasteiger partial charge on any atom is 0.259 e. The van der Waals surface area contributed by atoms with Crippen LogP contribution >= 0.6 is 11.5 Å². The van der Waals surface area contributed by atoms with Crippen molar-refractivity contribution in [2.45, 2.75) is 39.5 Å². The third-order valence-corrected chi connectivity index (χ3v) is 5.46. The molecule has 0 aromatic carbocycles. The molecule has 0 N–H and O–H groups in total. The second kappa shape index (κ2) is 6.64. The third-order valence-electron chi connectivity index (χ3n) is 4.71. The highest BCUT2D eigenvalue weighted by molar-refractivity contribution is 7.09. The van der Waals surface area contributed by atoms with Crippen LogP contribution in [-0.2, 0) is 0 Å². The number of carbonyl (C=O) groups excluding carboxylic acids is 1. The highest BCUT2D eigenvalue weighted by atomic mass is 32.1. The monoisotopic (exact) mass is 373 g/mol. The number of aromatic nitrogens is 4. The molecule has 0 unspecified atom stereocenters. The molecule has 1 amide bonds. The number of carbonyl (C=O) groups is 1. The van der Waals surface area contributed by atoms with Crippen molar-refractivity contribution in [1.29, 1.82) is 0 Å². The lowest BCUT2D eigenvalue weighted by atomic mass is 9.93. The van der Waals surface area contributed by atoms with Gasteiger partial charge in [0, 0.05) is 25.1 Å². The van der Waals surface area contributed by atoms with Crippen molar-refractivity contribution in [3.05, 3.63) is 34.5 Å². The number of amides is 1. The predicted octanol–water partition coefficient (Wildman–Crippen LogP) is 3.13. The number of hydrogen-bond donors (Lipinski definition) is 0. The van der Waals surface area contributed by atoms with Gasteiger partial charge in [-0.05, 0) is 45.1 Å². The van der Waals surface area contributed by atoms with E-state index in [1.807, 2.05) is 17.9 Å². The summed E-state index contributed by atoms with van der Waals surface area (Å²) in [5.74, 6) is 1.32. The summed E-state index contributed by atoms with van der Waals surface area (Å²) < 4.78 is 14.6. The summed E-state index contributed by atoms with van der Waals surface area (Å²) in [6, 6.07) is 1.88. The quantitative estimate of drug-likeness (QED) is 0.695. The average molecular weight is 373 g/mol. The van der Waals surface area contributed by atoms with Crippen LogP contribution in [-0.4, -0.2) is 43.8 Å². The second-order valence-electron chi connectivity index (χ2n) is 6.61. The van der Waals surface area contributed by atoms with Crippen LogP contribution in [0.25, 0.3) is 10.6 Å². The Bertz CT molecular complexity index is 925. The summed E-state index contributed by atoms with van der Waals surface area (Å²) in [4.78, 5) is 15.7. The fourth-order valence-corrected chi connectivity index (χ4v) is 4.14. The molecule has 3 aromatic heterocycles. The van der Waals surface area contributed by atoms with Crippen LogP contribution in [0.2, 0.25) is 0 Å². The van der Waals surface area contributed by atoms with Gasteiger partial charge in [-0.2, -0.15) is 0 Å². The number of likely N-dealkylation sites (tertiary alicyclic amines) is 1. The molecular weight excluding hydrogens is 354 g/mol. The minimum absolute atomic E-state index is 0.0359. The van der Waals surface area contributed by atoms with Crippen molar-refractivity contribution in [3.63, 3.8) is 0 Å². The van der Waals surface area contributed by atoms with Crippen LogP contribution in [0, 0.1) is 20.8 Å². The molecule has 4 heterocycles. The Morgan fingerprint density at radius 2 is 2.12 bits per heavy atom. The van der Waals surface area contributed by atoms with Gasteiger partial charge in [0.25, 0.3) is 5.91 Å². The molecule has 8 nitrogen and oxygen atoms in total. The SMILES string of the molecule is Cc1cc(-c2snnc2[C@@H]2CCCN(C(=O)c3c(C)noc3C)C2)on1. The van der Waals surface area contributed by atoms with Gasteiger partial charge in [0.15, 0.2) is 5.76 Å². The van der Waals surface area contributed by atoms with E-state index in [9.17, 15) is 4.79 Å². The second-order valence-corrected chi connectivity index (χ2v) is 7.36. The van der Waals surface area contributed by atoms with E-state index in [1.54, 1.807) is 13.8 Å². The lowest BCUT2D eigenvalue weighted by molar-refractivity contribution is 0.0703. The van der Waals surface area contributed by atoms with Gasteiger partial charge in [-0.15, -0.1) is 5.10 Å². The highest BCUT2D eigenvalue weighted by Gasteiger charge is 2.32. The minimum Gasteiger partial charge on any atom is -0.361 e. The Morgan fingerprint density at radius 1 is 1.27 bits per heavy atom. The molecule has 3 aromatic rings.